The molecule has 0 aliphatic heterocycles. The summed E-state index contributed by atoms with van der Waals surface area (Å²) in [6.07, 6.45) is 3.96. The van der Waals surface area contributed by atoms with Crippen LogP contribution in [0.2, 0.25) is 0 Å². The molecule has 0 bridgehead atoms. The van der Waals surface area contributed by atoms with E-state index in [1.54, 1.807) is 11.8 Å². The van der Waals surface area contributed by atoms with E-state index in [0.717, 1.165) is 30.4 Å². The zero-order valence-electron chi connectivity index (χ0n) is 9.51. The van der Waals surface area contributed by atoms with Crippen molar-refractivity contribution in [2.45, 2.75) is 24.5 Å². The zero-order chi connectivity index (χ0) is 12.7. The van der Waals surface area contributed by atoms with Gasteiger partial charge < -0.3 is 5.11 Å². The van der Waals surface area contributed by atoms with Gasteiger partial charge in [0.2, 0.25) is 0 Å². The monoisotopic (exact) mass is 277 g/mol. The lowest BCUT2D eigenvalue weighted by atomic mass is 10.3. The Morgan fingerprint density at radius 2 is 2.29 bits per heavy atom. The lowest BCUT2D eigenvalue weighted by molar-refractivity contribution is -0.133. The van der Waals surface area contributed by atoms with Crippen LogP contribution in [0, 0.1) is 0 Å². The van der Waals surface area contributed by atoms with Crippen LogP contribution in [-0.2, 0) is 11.3 Å². The van der Waals surface area contributed by atoms with E-state index in [4.69, 9.17) is 5.11 Å². The first-order valence-electron chi connectivity index (χ1n) is 5.14. The fourth-order valence-electron chi connectivity index (χ4n) is 1.25. The van der Waals surface area contributed by atoms with Crippen molar-refractivity contribution < 1.29 is 9.90 Å². The van der Waals surface area contributed by atoms with Crippen molar-refractivity contribution in [1.82, 2.24) is 14.8 Å². The molecule has 0 atom stereocenters. The normalized spacial score (nSPS) is 10.6. The lowest BCUT2D eigenvalue weighted by Crippen LogP contribution is -2.18. The Morgan fingerprint density at radius 3 is 2.94 bits per heavy atom. The lowest BCUT2D eigenvalue weighted by Gasteiger charge is -2.03. The van der Waals surface area contributed by atoms with Gasteiger partial charge in [0.1, 0.15) is 0 Å². The summed E-state index contributed by atoms with van der Waals surface area (Å²) in [5.41, 5.74) is -0.276. The molecule has 8 heteroatoms. The largest absolute Gasteiger partial charge is 0.481 e. The molecule has 1 heterocycles. The van der Waals surface area contributed by atoms with Gasteiger partial charge in [-0.25, -0.2) is 9.89 Å². The molecule has 1 aromatic rings. The number of nitrogens with zero attached hydrogens (tertiary/aromatic N) is 2. The predicted molar refractivity (Wildman–Crippen MR) is 68.8 cm³/mol. The van der Waals surface area contributed by atoms with E-state index in [9.17, 15) is 9.59 Å². The van der Waals surface area contributed by atoms with Crippen molar-refractivity contribution in [3.05, 3.63) is 10.5 Å². The van der Waals surface area contributed by atoms with Crippen molar-refractivity contribution in [2.24, 2.45) is 0 Å². The Kier molecular flexibility index (Phi) is 6.20. The van der Waals surface area contributed by atoms with Crippen molar-refractivity contribution in [3.63, 3.8) is 0 Å². The Bertz CT molecular complexity index is 416. The van der Waals surface area contributed by atoms with Gasteiger partial charge in [-0.15, -0.1) is 5.10 Å². The summed E-state index contributed by atoms with van der Waals surface area (Å²) in [6.45, 7) is 0.581. The van der Waals surface area contributed by atoms with Crippen LogP contribution in [0.15, 0.2) is 9.95 Å². The molecular weight excluding hydrogens is 262 g/mol. The van der Waals surface area contributed by atoms with Crippen LogP contribution < -0.4 is 5.69 Å². The molecule has 0 radical (unpaired) electrons. The van der Waals surface area contributed by atoms with Crippen molar-refractivity contribution in [3.8, 4) is 0 Å². The van der Waals surface area contributed by atoms with Crippen LogP contribution in [-0.4, -0.2) is 43.6 Å². The van der Waals surface area contributed by atoms with Gasteiger partial charge >= 0.3 is 11.7 Å². The quantitative estimate of drug-likeness (QED) is 0.542. The fourth-order valence-corrected chi connectivity index (χ4v) is 2.44. The zero-order valence-corrected chi connectivity index (χ0v) is 11.1. The van der Waals surface area contributed by atoms with E-state index in [1.807, 2.05) is 6.26 Å². The summed E-state index contributed by atoms with van der Waals surface area (Å²) < 4.78 is 1.49. The molecule has 0 unspecified atom stereocenters. The predicted octanol–water partition coefficient (Wildman–Crippen LogP) is 0.891. The van der Waals surface area contributed by atoms with Gasteiger partial charge in [-0.3, -0.25) is 9.36 Å². The minimum Gasteiger partial charge on any atom is -0.481 e. The van der Waals surface area contributed by atoms with E-state index in [2.05, 4.69) is 10.2 Å². The van der Waals surface area contributed by atoms with Gasteiger partial charge in [-0.05, 0) is 24.9 Å². The Balaban J connectivity index is 2.53. The van der Waals surface area contributed by atoms with Gasteiger partial charge in [-0.2, -0.15) is 11.8 Å². The molecule has 2 N–H and O–H groups in total. The molecule has 0 saturated carbocycles. The minimum absolute atomic E-state index is 0.0882. The molecule has 6 nitrogen and oxygen atoms in total. The molecule has 0 fully saturated rings. The highest BCUT2D eigenvalue weighted by Crippen LogP contribution is 2.13. The molecule has 1 aromatic heterocycles. The maximum Gasteiger partial charge on any atom is 0.343 e. The van der Waals surface area contributed by atoms with E-state index >= 15 is 0 Å². The number of H-pyrrole nitrogens is 1. The van der Waals surface area contributed by atoms with E-state index in [1.165, 1.54) is 4.57 Å². The van der Waals surface area contributed by atoms with Gasteiger partial charge in [-0.1, -0.05) is 11.8 Å². The molecule has 0 aliphatic rings. The van der Waals surface area contributed by atoms with Crippen molar-refractivity contribution >= 4 is 29.5 Å². The summed E-state index contributed by atoms with van der Waals surface area (Å²) in [6, 6.07) is 0. The maximum absolute atomic E-state index is 11.4. The van der Waals surface area contributed by atoms with Gasteiger partial charge in [0.15, 0.2) is 5.16 Å². The number of nitrogens with one attached hydrogen (secondary N) is 1. The van der Waals surface area contributed by atoms with Crippen LogP contribution in [0.3, 0.4) is 0 Å². The van der Waals surface area contributed by atoms with Crippen molar-refractivity contribution in [1.29, 1.82) is 0 Å². The fraction of sp³-hybridized carbons (Fsp3) is 0.667. The number of aliphatic carboxylic acids is 1. The summed E-state index contributed by atoms with van der Waals surface area (Å²) >= 11 is 2.82. The van der Waals surface area contributed by atoms with E-state index < -0.39 is 5.97 Å². The summed E-state index contributed by atoms with van der Waals surface area (Å²) in [5, 5.41) is 15.2. The van der Waals surface area contributed by atoms with Crippen LogP contribution in [0.1, 0.15) is 12.8 Å². The SMILES string of the molecule is CSCCCCn1c(SCC(=O)O)n[nH]c1=O. The van der Waals surface area contributed by atoms with Crippen LogP contribution in [0.25, 0.3) is 0 Å². The van der Waals surface area contributed by atoms with Crippen LogP contribution in [0.5, 0.6) is 0 Å². The molecule has 0 aliphatic carbocycles. The number of thioether (sulfide) groups is 2. The first-order valence-corrected chi connectivity index (χ1v) is 7.52. The number of carboxylic acid groups (broad SMARTS) is 1. The molecule has 0 amide bonds. The maximum atomic E-state index is 11.4. The standard InChI is InChI=1S/C9H15N3O3S2/c1-16-5-3-2-4-12-8(15)10-11-9(12)17-6-7(13)14/h2-6H2,1H3,(H,10,15)(H,13,14). The van der Waals surface area contributed by atoms with Gasteiger partial charge in [0.25, 0.3) is 0 Å². The Labute approximate surface area is 107 Å². The molecule has 17 heavy (non-hydrogen) atoms. The smallest absolute Gasteiger partial charge is 0.343 e. The second-order valence-electron chi connectivity index (χ2n) is 3.35. The second kappa shape index (κ2) is 7.44. The summed E-state index contributed by atoms with van der Waals surface area (Å²) in [7, 11) is 0. The number of aromatic nitrogens is 3. The topological polar surface area (TPSA) is 88.0 Å². The van der Waals surface area contributed by atoms with Crippen LogP contribution in [0.4, 0.5) is 0 Å². The van der Waals surface area contributed by atoms with Gasteiger partial charge in [0, 0.05) is 6.54 Å². The highest BCUT2D eigenvalue weighted by atomic mass is 32.2. The Morgan fingerprint density at radius 1 is 1.53 bits per heavy atom. The minimum atomic E-state index is -0.917. The third-order valence-electron chi connectivity index (χ3n) is 2.03. The number of aromatic amines is 1. The molecular formula is C9H15N3O3S2. The van der Waals surface area contributed by atoms with E-state index in [-0.39, 0.29) is 11.4 Å². The highest BCUT2D eigenvalue weighted by Gasteiger charge is 2.10. The number of rotatable bonds is 8. The number of unbranched alkanes of at least 4 members (excludes halogenated alkanes) is 1. The average molecular weight is 277 g/mol. The second-order valence-corrected chi connectivity index (χ2v) is 5.27. The summed E-state index contributed by atoms with van der Waals surface area (Å²) in [5.74, 6) is 0.0543. The van der Waals surface area contributed by atoms with E-state index in [0.29, 0.717) is 11.7 Å². The van der Waals surface area contributed by atoms with Gasteiger partial charge in [0.05, 0.1) is 5.75 Å². The first kappa shape index (κ1) is 14.2. The molecule has 0 spiro atoms. The third kappa shape index (κ3) is 4.86. The first-order chi connectivity index (χ1) is 8.15. The Hall–Kier alpha value is -0.890. The average Bonchev–Trinajstić information content (AvgIpc) is 2.63. The van der Waals surface area contributed by atoms with Crippen LogP contribution >= 0.6 is 23.5 Å². The number of carbonyl (C=O) groups is 1. The summed E-state index contributed by atoms with van der Waals surface area (Å²) in [4.78, 5) is 21.9. The molecule has 96 valence electrons. The molecule has 0 saturated heterocycles. The molecule has 1 rings (SSSR count). The number of carboxylic acids is 1. The third-order valence-corrected chi connectivity index (χ3v) is 3.69. The highest BCUT2D eigenvalue weighted by molar-refractivity contribution is 7.99. The molecule has 0 aromatic carbocycles. The van der Waals surface area contributed by atoms with Crippen molar-refractivity contribution in [2.75, 3.05) is 17.8 Å². The number of hydrogen-bond donors (Lipinski definition) is 2. The number of hydrogen-bond acceptors (Lipinski definition) is 5.